The SMILES string of the molecule is C=C[C@H](B1OC(c2ccccc2)(c2ccccc2)C(c2ccccc2)(c2ccccc2)O1)[C@H](O)CCO[Si](c1ccccc1)(c1ccccc1)C(C)(C)C. The Balaban J connectivity index is 1.30. The predicted molar refractivity (Wildman–Crippen MR) is 223 cm³/mol. The highest BCUT2D eigenvalue weighted by atomic mass is 28.4. The number of hydrogen-bond acceptors (Lipinski definition) is 4. The summed E-state index contributed by atoms with van der Waals surface area (Å²) >= 11 is 0. The maximum Gasteiger partial charge on any atom is 0.468 e. The number of aliphatic hydroxyl groups is 1. The van der Waals surface area contributed by atoms with Gasteiger partial charge in [0.2, 0.25) is 0 Å². The van der Waals surface area contributed by atoms with Crippen molar-refractivity contribution >= 4 is 25.8 Å². The highest BCUT2D eigenvalue weighted by Gasteiger charge is 2.67. The summed E-state index contributed by atoms with van der Waals surface area (Å²) in [5.74, 6) is -0.589. The third kappa shape index (κ3) is 6.53. The van der Waals surface area contributed by atoms with E-state index in [1.807, 2.05) is 84.9 Å². The number of hydrogen-bond donors (Lipinski definition) is 1. The zero-order valence-electron chi connectivity index (χ0n) is 31.4. The summed E-state index contributed by atoms with van der Waals surface area (Å²) in [5.41, 5.74) is 1.49. The average molecular weight is 729 g/mol. The van der Waals surface area contributed by atoms with Crippen LogP contribution in [0.5, 0.6) is 0 Å². The van der Waals surface area contributed by atoms with Crippen LogP contribution >= 0.6 is 0 Å². The topological polar surface area (TPSA) is 47.9 Å². The second-order valence-corrected chi connectivity index (χ2v) is 19.4. The third-order valence-corrected chi connectivity index (χ3v) is 16.0. The van der Waals surface area contributed by atoms with Crippen LogP contribution in [0.15, 0.2) is 195 Å². The van der Waals surface area contributed by atoms with E-state index < -0.39 is 38.6 Å². The van der Waals surface area contributed by atoms with Crippen molar-refractivity contribution in [2.24, 2.45) is 0 Å². The Hall–Kier alpha value is -4.82. The Bertz CT molecular complexity index is 1870. The molecule has 1 saturated heterocycles. The Morgan fingerprint density at radius 2 is 0.907 bits per heavy atom. The standard InChI is InChI=1S/C48H49BO4Si/c1-5-44(45(50)36-37-51-54(46(2,3)4,42-32-20-10-21-33-42)43-34-22-11-23-35-43)49-52-47(38-24-12-6-13-25-38,39-26-14-7-15-27-39)48(53-49,40-28-16-8-17-29-40)41-30-18-9-19-31-41/h5-35,44-45,50H,1,36-37H2,2-4H3/t44-,45+/m0/s1. The fourth-order valence-corrected chi connectivity index (χ4v) is 13.1. The summed E-state index contributed by atoms with van der Waals surface area (Å²) in [5, 5.41) is 14.5. The van der Waals surface area contributed by atoms with Gasteiger partial charge >= 0.3 is 7.12 Å². The van der Waals surface area contributed by atoms with Crippen LogP contribution in [0.1, 0.15) is 49.4 Å². The minimum Gasteiger partial charge on any atom is -0.407 e. The van der Waals surface area contributed by atoms with Gasteiger partial charge in [-0.1, -0.05) is 209 Å². The third-order valence-electron chi connectivity index (χ3n) is 11.0. The number of aliphatic hydroxyl groups excluding tert-OH is 1. The molecule has 0 aliphatic carbocycles. The van der Waals surface area contributed by atoms with Gasteiger partial charge in [-0.2, -0.15) is 0 Å². The fourth-order valence-electron chi connectivity index (χ4n) is 8.54. The molecule has 1 fully saturated rings. The van der Waals surface area contributed by atoms with Crippen LogP contribution in [-0.2, 0) is 24.9 Å². The summed E-state index contributed by atoms with van der Waals surface area (Å²) in [6.07, 6.45) is 1.26. The van der Waals surface area contributed by atoms with Crippen LogP contribution in [0.3, 0.4) is 0 Å². The number of rotatable bonds is 13. The van der Waals surface area contributed by atoms with Gasteiger partial charge in [-0.25, -0.2) is 0 Å². The van der Waals surface area contributed by atoms with Crippen molar-refractivity contribution in [2.75, 3.05) is 6.61 Å². The van der Waals surface area contributed by atoms with Gasteiger partial charge in [-0.05, 0) is 44.1 Å². The van der Waals surface area contributed by atoms with Gasteiger partial charge in [0.25, 0.3) is 8.32 Å². The van der Waals surface area contributed by atoms with Crippen molar-refractivity contribution in [1.29, 1.82) is 0 Å². The molecule has 4 nitrogen and oxygen atoms in total. The molecule has 1 heterocycles. The van der Waals surface area contributed by atoms with E-state index in [1.165, 1.54) is 10.4 Å². The summed E-state index contributed by atoms with van der Waals surface area (Å²) in [6, 6.07) is 62.5. The molecule has 0 radical (unpaired) electrons. The normalized spacial score (nSPS) is 16.4. The Kier molecular flexibility index (Phi) is 11.0. The lowest BCUT2D eigenvalue weighted by atomic mass is 9.66. The van der Waals surface area contributed by atoms with Crippen LogP contribution in [-0.4, -0.2) is 33.3 Å². The molecule has 0 amide bonds. The molecule has 2 atom stereocenters. The summed E-state index contributed by atoms with van der Waals surface area (Å²) < 4.78 is 22.2. The van der Waals surface area contributed by atoms with Gasteiger partial charge < -0.3 is 18.8 Å². The van der Waals surface area contributed by atoms with Crippen molar-refractivity contribution in [3.63, 3.8) is 0 Å². The Morgan fingerprint density at radius 1 is 0.593 bits per heavy atom. The van der Waals surface area contributed by atoms with Crippen molar-refractivity contribution in [3.8, 4) is 0 Å². The fraction of sp³-hybridized carbons (Fsp3) is 0.208. The van der Waals surface area contributed by atoms with Crippen LogP contribution in [0.2, 0.25) is 10.9 Å². The highest BCUT2D eigenvalue weighted by Crippen LogP contribution is 2.60. The van der Waals surface area contributed by atoms with Crippen LogP contribution < -0.4 is 10.4 Å². The zero-order chi connectivity index (χ0) is 37.7. The molecule has 0 unspecified atom stereocenters. The lowest BCUT2D eigenvalue weighted by Crippen LogP contribution is -2.66. The predicted octanol–water partition coefficient (Wildman–Crippen LogP) is 9.29. The maximum atomic E-state index is 12.2. The smallest absolute Gasteiger partial charge is 0.407 e. The van der Waals surface area contributed by atoms with Crippen molar-refractivity contribution in [3.05, 3.63) is 217 Å². The Labute approximate surface area is 322 Å². The zero-order valence-corrected chi connectivity index (χ0v) is 32.4. The van der Waals surface area contributed by atoms with Gasteiger partial charge in [0.05, 0.1) is 6.10 Å². The molecular weight excluding hydrogens is 679 g/mol. The van der Waals surface area contributed by atoms with Gasteiger partial charge in [0, 0.05) is 12.4 Å². The molecule has 7 rings (SSSR count). The highest BCUT2D eigenvalue weighted by molar-refractivity contribution is 6.99. The second-order valence-electron chi connectivity index (χ2n) is 15.1. The molecule has 6 aromatic carbocycles. The van der Waals surface area contributed by atoms with E-state index in [2.05, 4.69) is 124 Å². The van der Waals surface area contributed by atoms with E-state index in [0.717, 1.165) is 22.3 Å². The quantitative estimate of drug-likeness (QED) is 0.0952. The molecule has 6 aromatic rings. The molecule has 1 N–H and O–H groups in total. The largest absolute Gasteiger partial charge is 0.468 e. The molecule has 6 heteroatoms. The van der Waals surface area contributed by atoms with E-state index in [9.17, 15) is 5.11 Å². The minimum absolute atomic E-state index is 0.188. The molecule has 0 saturated carbocycles. The van der Waals surface area contributed by atoms with E-state index in [1.54, 1.807) is 6.08 Å². The molecule has 0 bridgehead atoms. The lowest BCUT2D eigenvalue weighted by molar-refractivity contribution is 0.00370. The molecule has 1 aliphatic heterocycles. The van der Waals surface area contributed by atoms with Crippen molar-refractivity contribution in [1.82, 2.24) is 0 Å². The second kappa shape index (κ2) is 15.9. The molecule has 0 spiro atoms. The lowest BCUT2D eigenvalue weighted by Gasteiger charge is -2.46. The summed E-state index contributed by atoms with van der Waals surface area (Å²) in [7, 11) is -3.68. The number of benzene rings is 6. The first-order valence-electron chi connectivity index (χ1n) is 18.9. The van der Waals surface area contributed by atoms with Gasteiger partial charge in [0.1, 0.15) is 11.2 Å². The minimum atomic E-state index is -2.81. The van der Waals surface area contributed by atoms with Crippen LogP contribution in [0, 0.1) is 0 Å². The maximum absolute atomic E-state index is 12.2. The summed E-state index contributed by atoms with van der Waals surface area (Å²) in [6.45, 7) is 11.4. The Morgan fingerprint density at radius 3 is 1.20 bits per heavy atom. The molecule has 272 valence electrons. The first kappa shape index (κ1) is 37.5. The molecule has 54 heavy (non-hydrogen) atoms. The first-order chi connectivity index (χ1) is 26.3. The van der Waals surface area contributed by atoms with E-state index in [-0.39, 0.29) is 5.04 Å². The van der Waals surface area contributed by atoms with Crippen LogP contribution in [0.25, 0.3) is 0 Å². The van der Waals surface area contributed by atoms with E-state index in [4.69, 9.17) is 13.7 Å². The van der Waals surface area contributed by atoms with E-state index >= 15 is 0 Å². The molecular formula is C48H49BO4Si. The monoisotopic (exact) mass is 728 g/mol. The van der Waals surface area contributed by atoms with Gasteiger partial charge in [-0.3, -0.25) is 0 Å². The average Bonchev–Trinajstić information content (AvgIpc) is 3.59. The first-order valence-corrected chi connectivity index (χ1v) is 20.8. The summed E-state index contributed by atoms with van der Waals surface area (Å²) in [4.78, 5) is 0. The van der Waals surface area contributed by atoms with Gasteiger partial charge in [-0.15, -0.1) is 6.58 Å². The van der Waals surface area contributed by atoms with Gasteiger partial charge in [0.15, 0.2) is 0 Å². The molecule has 0 aromatic heterocycles. The molecule has 1 aliphatic rings. The van der Waals surface area contributed by atoms with Crippen molar-refractivity contribution in [2.45, 2.75) is 55.4 Å². The van der Waals surface area contributed by atoms with Crippen molar-refractivity contribution < 1.29 is 18.8 Å². The van der Waals surface area contributed by atoms with E-state index in [0.29, 0.717) is 13.0 Å². The van der Waals surface area contributed by atoms with Crippen LogP contribution in [0.4, 0.5) is 0 Å².